The third-order valence-corrected chi connectivity index (χ3v) is 4.23. The number of nitrogens with zero attached hydrogens (tertiary/aromatic N) is 2. The van der Waals surface area contributed by atoms with Crippen LogP contribution in [0.1, 0.15) is 0 Å². The Balaban J connectivity index is 0.000000527. The molecule has 0 bridgehead atoms. The fourth-order valence-corrected chi connectivity index (χ4v) is 2.72. The lowest BCUT2D eigenvalue weighted by atomic mass is 10.3. The molecule has 0 aromatic heterocycles. The van der Waals surface area contributed by atoms with Gasteiger partial charge in [0, 0.05) is 22.5 Å². The summed E-state index contributed by atoms with van der Waals surface area (Å²) in [6, 6.07) is 18.3. The fourth-order valence-electron chi connectivity index (χ4n) is 1.88. The van der Waals surface area contributed by atoms with Crippen molar-refractivity contribution in [3.63, 3.8) is 0 Å². The van der Waals surface area contributed by atoms with E-state index in [1.807, 2.05) is 68.5 Å². The van der Waals surface area contributed by atoms with Crippen molar-refractivity contribution >= 4 is 35.3 Å². The highest BCUT2D eigenvalue weighted by molar-refractivity contribution is 7.99. The Hall–Kier alpha value is -2.84. The molecular weight excluding hydrogens is 368 g/mol. The van der Waals surface area contributed by atoms with E-state index in [1.54, 1.807) is 16.7 Å². The highest BCUT2D eigenvalue weighted by Gasteiger charge is 2.11. The molecule has 2 aromatic carbocycles. The normalized spacial score (nSPS) is 9.93. The van der Waals surface area contributed by atoms with Crippen LogP contribution in [0.5, 0.6) is 0 Å². The van der Waals surface area contributed by atoms with E-state index in [4.69, 9.17) is 19.8 Å². The number of benzene rings is 2. The summed E-state index contributed by atoms with van der Waals surface area (Å²) in [5.41, 5.74) is 0.916. The molecule has 0 heterocycles. The predicted molar refractivity (Wildman–Crippen MR) is 104 cm³/mol. The highest BCUT2D eigenvalue weighted by atomic mass is 32.2. The van der Waals surface area contributed by atoms with E-state index in [9.17, 15) is 4.79 Å². The second-order valence-corrected chi connectivity index (χ2v) is 6.86. The summed E-state index contributed by atoms with van der Waals surface area (Å²) in [5.74, 6) is -3.56. The van der Waals surface area contributed by atoms with Crippen LogP contribution in [0.25, 0.3) is 0 Å². The molecule has 2 rings (SSSR count). The molecule has 0 unspecified atom stereocenters. The molecule has 144 valence electrons. The van der Waals surface area contributed by atoms with Gasteiger partial charge in [-0.3, -0.25) is 4.79 Å². The summed E-state index contributed by atoms with van der Waals surface area (Å²) in [5, 5.41) is 14.8. The number of hydrogen-bond acceptors (Lipinski definition) is 5. The summed E-state index contributed by atoms with van der Waals surface area (Å²) in [7, 11) is 5.60. The lowest BCUT2D eigenvalue weighted by molar-refractivity contribution is -0.159. The number of carboxylic acid groups (broad SMARTS) is 2. The molecule has 1 amide bonds. The molecule has 0 atom stereocenters. The topological polar surface area (TPSA) is 98.2 Å². The van der Waals surface area contributed by atoms with E-state index in [1.165, 1.54) is 9.79 Å². The lowest BCUT2D eigenvalue weighted by Crippen LogP contribution is -2.34. The zero-order valence-corrected chi connectivity index (χ0v) is 16.1. The van der Waals surface area contributed by atoms with Crippen molar-refractivity contribution in [2.24, 2.45) is 0 Å². The molecule has 27 heavy (non-hydrogen) atoms. The second-order valence-electron chi connectivity index (χ2n) is 5.71. The number of anilines is 1. The van der Waals surface area contributed by atoms with Crippen LogP contribution in [-0.2, 0) is 14.4 Å². The zero-order valence-electron chi connectivity index (χ0n) is 15.3. The van der Waals surface area contributed by atoms with E-state index in [2.05, 4.69) is 12.1 Å². The predicted octanol–water partition coefficient (Wildman–Crippen LogP) is 2.52. The van der Waals surface area contributed by atoms with Gasteiger partial charge in [-0.05, 0) is 50.5 Å². The summed E-state index contributed by atoms with van der Waals surface area (Å²) in [6.45, 7) is 0.414. The van der Waals surface area contributed by atoms with E-state index in [-0.39, 0.29) is 5.91 Å². The number of hydrogen-bond donors (Lipinski definition) is 2. The van der Waals surface area contributed by atoms with Crippen LogP contribution >= 0.6 is 11.8 Å². The van der Waals surface area contributed by atoms with Crippen molar-refractivity contribution in [1.82, 2.24) is 4.90 Å². The minimum absolute atomic E-state index is 0.0865. The van der Waals surface area contributed by atoms with Gasteiger partial charge in [0.2, 0.25) is 5.91 Å². The number of amides is 1. The number of rotatable bonds is 5. The maximum Gasteiger partial charge on any atom is 0.414 e. The summed E-state index contributed by atoms with van der Waals surface area (Å²) >= 11 is 1.72. The van der Waals surface area contributed by atoms with E-state index < -0.39 is 11.9 Å². The van der Waals surface area contributed by atoms with Crippen LogP contribution in [0, 0.1) is 0 Å². The minimum atomic E-state index is -1.82. The second kappa shape index (κ2) is 11.0. The van der Waals surface area contributed by atoms with Gasteiger partial charge in [-0.2, -0.15) is 0 Å². The molecule has 0 aliphatic carbocycles. The maximum absolute atomic E-state index is 12.0. The minimum Gasteiger partial charge on any atom is -0.473 e. The van der Waals surface area contributed by atoms with Crippen LogP contribution in [0.3, 0.4) is 0 Å². The molecule has 0 radical (unpaired) electrons. The van der Waals surface area contributed by atoms with Gasteiger partial charge in [0.1, 0.15) is 0 Å². The van der Waals surface area contributed by atoms with Gasteiger partial charge in [-0.15, -0.1) is 0 Å². The molecule has 0 aliphatic rings. The first-order chi connectivity index (χ1) is 12.7. The van der Waals surface area contributed by atoms with E-state index >= 15 is 0 Å². The molecule has 0 saturated carbocycles. The SMILES string of the molecule is CN(C)CC(=O)N(C)c1ccc(Sc2ccccc2)cc1.O=C(O)C(=O)O. The van der Waals surface area contributed by atoms with Crippen molar-refractivity contribution in [3.05, 3.63) is 54.6 Å². The first-order valence-corrected chi connectivity index (χ1v) is 8.73. The lowest BCUT2D eigenvalue weighted by Gasteiger charge is -2.19. The van der Waals surface area contributed by atoms with Gasteiger partial charge in [-0.25, -0.2) is 9.59 Å². The van der Waals surface area contributed by atoms with E-state index in [0.717, 1.165) is 5.69 Å². The van der Waals surface area contributed by atoms with E-state index in [0.29, 0.717) is 6.54 Å². The first-order valence-electron chi connectivity index (χ1n) is 7.91. The zero-order chi connectivity index (χ0) is 20.4. The standard InChI is InChI=1S/C17H20N2OS.C2H2O4/c1-18(2)13-17(20)19(3)14-9-11-16(12-10-14)21-15-7-5-4-6-8-15;3-1(4)2(5)6/h4-12H,13H2,1-3H3;(H,3,4)(H,5,6). The fraction of sp³-hybridized carbons (Fsp3) is 0.211. The first kappa shape index (κ1) is 22.2. The summed E-state index contributed by atoms with van der Waals surface area (Å²) in [6.07, 6.45) is 0. The van der Waals surface area contributed by atoms with Crippen LogP contribution in [0.15, 0.2) is 64.4 Å². The molecule has 8 heteroatoms. The van der Waals surface area contributed by atoms with Gasteiger partial charge in [0.25, 0.3) is 0 Å². The average Bonchev–Trinajstić information content (AvgIpc) is 2.62. The molecule has 7 nitrogen and oxygen atoms in total. The van der Waals surface area contributed by atoms with Crippen LogP contribution in [0.4, 0.5) is 5.69 Å². The summed E-state index contributed by atoms with van der Waals surface area (Å²) in [4.78, 5) is 36.1. The average molecular weight is 390 g/mol. The van der Waals surface area contributed by atoms with Crippen LogP contribution in [0.2, 0.25) is 0 Å². The quantitative estimate of drug-likeness (QED) is 0.757. The summed E-state index contributed by atoms with van der Waals surface area (Å²) < 4.78 is 0. The number of carboxylic acids is 2. The Labute approximate surface area is 162 Å². The molecule has 0 fully saturated rings. The van der Waals surface area contributed by atoms with Crippen LogP contribution < -0.4 is 4.90 Å². The van der Waals surface area contributed by atoms with Crippen molar-refractivity contribution in [2.75, 3.05) is 32.6 Å². The van der Waals surface area contributed by atoms with Gasteiger partial charge in [0.15, 0.2) is 0 Å². The smallest absolute Gasteiger partial charge is 0.414 e. The highest BCUT2D eigenvalue weighted by Crippen LogP contribution is 2.28. The molecular formula is C19H22N2O5S. The maximum atomic E-state index is 12.0. The number of likely N-dealkylation sites (N-methyl/N-ethyl adjacent to an activating group) is 2. The number of carbonyl (C=O) groups is 3. The third-order valence-electron chi connectivity index (χ3n) is 3.21. The van der Waals surface area contributed by atoms with Crippen LogP contribution in [-0.4, -0.2) is 60.6 Å². The van der Waals surface area contributed by atoms with Crippen molar-refractivity contribution < 1.29 is 24.6 Å². The van der Waals surface area contributed by atoms with Crippen molar-refractivity contribution in [1.29, 1.82) is 0 Å². The number of aliphatic carboxylic acids is 2. The van der Waals surface area contributed by atoms with Gasteiger partial charge in [-0.1, -0.05) is 30.0 Å². The Morgan fingerprint density at radius 3 is 1.74 bits per heavy atom. The molecule has 0 aliphatic heterocycles. The Morgan fingerprint density at radius 2 is 1.30 bits per heavy atom. The Morgan fingerprint density at radius 1 is 0.815 bits per heavy atom. The van der Waals surface area contributed by atoms with Gasteiger partial charge in [0.05, 0.1) is 6.54 Å². The van der Waals surface area contributed by atoms with Gasteiger partial charge >= 0.3 is 11.9 Å². The largest absolute Gasteiger partial charge is 0.473 e. The molecule has 2 aromatic rings. The molecule has 0 spiro atoms. The van der Waals surface area contributed by atoms with Gasteiger partial charge < -0.3 is 20.0 Å². The monoisotopic (exact) mass is 390 g/mol. The Kier molecular flexibility index (Phi) is 9.04. The molecule has 0 saturated heterocycles. The number of carbonyl (C=O) groups excluding carboxylic acids is 1. The van der Waals surface area contributed by atoms with Crippen molar-refractivity contribution in [3.8, 4) is 0 Å². The Bertz CT molecular complexity index is 751. The molecule has 2 N–H and O–H groups in total. The van der Waals surface area contributed by atoms with Crippen molar-refractivity contribution in [2.45, 2.75) is 9.79 Å². The third kappa shape index (κ3) is 8.39.